The Hall–Kier alpha value is -2.01. The molecule has 0 unspecified atom stereocenters. The van der Waals surface area contributed by atoms with Crippen molar-refractivity contribution in [1.82, 2.24) is 10.2 Å². The summed E-state index contributed by atoms with van der Waals surface area (Å²) < 4.78 is 5.04. The zero-order valence-electron chi connectivity index (χ0n) is 12.3. The first-order valence-corrected chi connectivity index (χ1v) is 7.06. The molecule has 6 heteroatoms. The molecule has 1 aromatic heterocycles. The highest BCUT2D eigenvalue weighted by atomic mass is 35.5. The Morgan fingerprint density at radius 3 is 2.57 bits per heavy atom. The second-order valence-corrected chi connectivity index (χ2v) is 5.22. The minimum atomic E-state index is -0.266. The number of H-pyrrole nitrogens is 1. The van der Waals surface area contributed by atoms with Gasteiger partial charge in [0.2, 0.25) is 0 Å². The van der Waals surface area contributed by atoms with E-state index in [-0.39, 0.29) is 12.4 Å². The Kier molecular flexibility index (Phi) is 4.85. The van der Waals surface area contributed by atoms with Crippen LogP contribution in [0.1, 0.15) is 12.5 Å². The van der Waals surface area contributed by atoms with Gasteiger partial charge in [-0.1, -0.05) is 23.7 Å². The maximum absolute atomic E-state index is 11.8. The van der Waals surface area contributed by atoms with E-state index in [4.69, 9.17) is 16.3 Å². The third kappa shape index (κ3) is 3.55. The number of halogens is 1. The summed E-state index contributed by atoms with van der Waals surface area (Å²) in [5.74, 6) is 0.463. The highest BCUT2D eigenvalue weighted by Gasteiger charge is 2.19. The average molecular weight is 308 g/mol. The van der Waals surface area contributed by atoms with E-state index < -0.39 is 0 Å². The van der Waals surface area contributed by atoms with Crippen LogP contribution >= 0.6 is 11.6 Å². The van der Waals surface area contributed by atoms with Gasteiger partial charge in [0.15, 0.2) is 5.82 Å². The molecule has 1 heterocycles. The summed E-state index contributed by atoms with van der Waals surface area (Å²) >= 11 is 5.91. The molecule has 0 saturated heterocycles. The van der Waals surface area contributed by atoms with Gasteiger partial charge >= 0.3 is 5.97 Å². The lowest BCUT2D eigenvalue weighted by atomic mass is 10.0. The maximum atomic E-state index is 11.8. The number of carbonyl (C=O) groups excluding carboxylic acids is 1. The largest absolute Gasteiger partial charge is 0.466 e. The Labute approximate surface area is 128 Å². The summed E-state index contributed by atoms with van der Waals surface area (Å²) in [5.41, 5.74) is 2.56. The Bertz CT molecular complexity index is 620. The van der Waals surface area contributed by atoms with Crippen molar-refractivity contribution in [2.24, 2.45) is 0 Å². The molecule has 0 fully saturated rings. The smallest absolute Gasteiger partial charge is 0.310 e. The second-order valence-electron chi connectivity index (χ2n) is 4.78. The molecule has 0 amide bonds. The van der Waals surface area contributed by atoms with E-state index in [1.165, 1.54) is 0 Å². The topological polar surface area (TPSA) is 58.2 Å². The van der Waals surface area contributed by atoms with Crippen molar-refractivity contribution in [2.45, 2.75) is 13.3 Å². The molecule has 112 valence electrons. The molecule has 5 nitrogen and oxygen atoms in total. The predicted octanol–water partition coefficient (Wildman–Crippen LogP) is 2.90. The van der Waals surface area contributed by atoms with Crippen LogP contribution in [0.4, 0.5) is 5.82 Å². The van der Waals surface area contributed by atoms with Crippen LogP contribution in [0, 0.1) is 0 Å². The van der Waals surface area contributed by atoms with Crippen LogP contribution in [0.25, 0.3) is 11.3 Å². The zero-order chi connectivity index (χ0) is 15.4. The molecule has 0 aliphatic rings. The van der Waals surface area contributed by atoms with E-state index in [0.29, 0.717) is 11.6 Å². The number of benzene rings is 1. The fourth-order valence-electron chi connectivity index (χ4n) is 2.10. The number of nitrogens with one attached hydrogen (secondary N) is 1. The fourth-order valence-corrected chi connectivity index (χ4v) is 2.23. The van der Waals surface area contributed by atoms with Crippen LogP contribution < -0.4 is 4.90 Å². The van der Waals surface area contributed by atoms with Gasteiger partial charge in [-0.25, -0.2) is 0 Å². The van der Waals surface area contributed by atoms with Gasteiger partial charge in [0.1, 0.15) is 0 Å². The van der Waals surface area contributed by atoms with Gasteiger partial charge in [0.05, 0.1) is 18.7 Å². The summed E-state index contributed by atoms with van der Waals surface area (Å²) in [6.45, 7) is 2.16. The van der Waals surface area contributed by atoms with Crippen molar-refractivity contribution in [2.75, 3.05) is 25.6 Å². The number of aromatic amines is 1. The third-order valence-electron chi connectivity index (χ3n) is 3.03. The summed E-state index contributed by atoms with van der Waals surface area (Å²) in [4.78, 5) is 13.7. The summed E-state index contributed by atoms with van der Waals surface area (Å²) in [7, 11) is 3.77. The van der Waals surface area contributed by atoms with Gasteiger partial charge in [0.25, 0.3) is 0 Å². The lowest BCUT2D eigenvalue weighted by molar-refractivity contribution is -0.142. The van der Waals surface area contributed by atoms with E-state index in [1.807, 2.05) is 31.1 Å². The molecule has 0 saturated carbocycles. The van der Waals surface area contributed by atoms with Crippen LogP contribution in [0.3, 0.4) is 0 Å². The van der Waals surface area contributed by atoms with E-state index >= 15 is 0 Å². The molecule has 0 aliphatic heterocycles. The van der Waals surface area contributed by atoms with Gasteiger partial charge in [-0.3, -0.25) is 9.89 Å². The molecule has 1 N–H and O–H groups in total. The number of nitrogens with zero attached hydrogens (tertiary/aromatic N) is 2. The first-order valence-electron chi connectivity index (χ1n) is 6.69. The zero-order valence-corrected chi connectivity index (χ0v) is 13.1. The Morgan fingerprint density at radius 1 is 1.33 bits per heavy atom. The van der Waals surface area contributed by atoms with Crippen molar-refractivity contribution in [3.63, 3.8) is 0 Å². The number of anilines is 1. The van der Waals surface area contributed by atoms with Crippen LogP contribution in [-0.4, -0.2) is 36.9 Å². The molecule has 0 bridgehead atoms. The molecule has 0 aliphatic carbocycles. The van der Waals surface area contributed by atoms with E-state index in [9.17, 15) is 4.79 Å². The van der Waals surface area contributed by atoms with Crippen LogP contribution in [-0.2, 0) is 16.0 Å². The van der Waals surface area contributed by atoms with Crippen LogP contribution in [0.15, 0.2) is 24.3 Å². The van der Waals surface area contributed by atoms with Crippen molar-refractivity contribution in [3.8, 4) is 11.3 Å². The highest BCUT2D eigenvalue weighted by molar-refractivity contribution is 6.30. The summed E-state index contributed by atoms with van der Waals surface area (Å²) in [6.07, 6.45) is 0.176. The molecule has 2 rings (SSSR count). The van der Waals surface area contributed by atoms with E-state index in [1.54, 1.807) is 19.1 Å². The molecular weight excluding hydrogens is 290 g/mol. The molecule has 1 aromatic carbocycles. The molecule has 0 radical (unpaired) electrons. The van der Waals surface area contributed by atoms with Crippen molar-refractivity contribution >= 4 is 23.4 Å². The monoisotopic (exact) mass is 307 g/mol. The van der Waals surface area contributed by atoms with Gasteiger partial charge in [-0.15, -0.1) is 0 Å². The first-order chi connectivity index (χ1) is 10.0. The lowest BCUT2D eigenvalue weighted by Gasteiger charge is -2.12. The number of hydrogen-bond donors (Lipinski definition) is 1. The molecular formula is C15H18ClN3O2. The van der Waals surface area contributed by atoms with Crippen molar-refractivity contribution < 1.29 is 9.53 Å². The third-order valence-corrected chi connectivity index (χ3v) is 3.28. The first kappa shape index (κ1) is 15.4. The van der Waals surface area contributed by atoms with Crippen molar-refractivity contribution in [1.29, 1.82) is 0 Å². The van der Waals surface area contributed by atoms with Gasteiger partial charge < -0.3 is 9.64 Å². The Balaban J connectivity index is 2.41. The predicted molar refractivity (Wildman–Crippen MR) is 83.7 cm³/mol. The number of aromatic nitrogens is 2. The number of rotatable bonds is 5. The number of ether oxygens (including phenoxy) is 1. The van der Waals surface area contributed by atoms with Crippen LogP contribution in [0.5, 0.6) is 0 Å². The molecule has 2 aromatic rings. The van der Waals surface area contributed by atoms with E-state index in [2.05, 4.69) is 10.2 Å². The van der Waals surface area contributed by atoms with Crippen molar-refractivity contribution in [3.05, 3.63) is 34.9 Å². The minimum absolute atomic E-state index is 0.176. The standard InChI is InChI=1S/C15H18ClN3O2/c1-4-21-13(20)9-12-14(17-18-15(12)19(2)3)10-5-7-11(16)8-6-10/h5-8H,4,9H2,1-3H3,(H,17,18). The average Bonchev–Trinajstić information content (AvgIpc) is 2.83. The number of carbonyl (C=O) groups is 1. The molecule has 21 heavy (non-hydrogen) atoms. The summed E-state index contributed by atoms with van der Waals surface area (Å²) in [5, 5.41) is 7.95. The lowest BCUT2D eigenvalue weighted by Crippen LogP contribution is -2.14. The minimum Gasteiger partial charge on any atom is -0.466 e. The second kappa shape index (κ2) is 6.63. The van der Waals surface area contributed by atoms with Crippen LogP contribution in [0.2, 0.25) is 5.02 Å². The maximum Gasteiger partial charge on any atom is 0.310 e. The fraction of sp³-hybridized carbons (Fsp3) is 0.333. The van der Waals surface area contributed by atoms with Gasteiger partial charge in [-0.2, -0.15) is 5.10 Å². The normalized spacial score (nSPS) is 10.5. The van der Waals surface area contributed by atoms with E-state index in [0.717, 1.165) is 22.6 Å². The SMILES string of the molecule is CCOC(=O)Cc1c(N(C)C)n[nH]c1-c1ccc(Cl)cc1. The quantitative estimate of drug-likeness (QED) is 0.863. The van der Waals surface area contributed by atoms with Gasteiger partial charge in [0, 0.05) is 30.2 Å². The summed E-state index contributed by atoms with van der Waals surface area (Å²) in [6, 6.07) is 7.40. The number of hydrogen-bond acceptors (Lipinski definition) is 4. The van der Waals surface area contributed by atoms with Gasteiger partial charge in [-0.05, 0) is 19.1 Å². The number of esters is 1. The molecule has 0 atom stereocenters. The highest BCUT2D eigenvalue weighted by Crippen LogP contribution is 2.29. The molecule has 0 spiro atoms. The Morgan fingerprint density at radius 2 is 2.00 bits per heavy atom.